The maximum absolute atomic E-state index is 12.3. The van der Waals surface area contributed by atoms with E-state index in [2.05, 4.69) is 9.46 Å². The molecule has 2 rings (SSSR count). The summed E-state index contributed by atoms with van der Waals surface area (Å²) in [5, 5.41) is 10.6. The predicted octanol–water partition coefficient (Wildman–Crippen LogP) is 1.86. The number of ether oxygens (including phenoxy) is 1. The van der Waals surface area contributed by atoms with Gasteiger partial charge in [0.05, 0.1) is 22.5 Å². The summed E-state index contributed by atoms with van der Waals surface area (Å²) in [5.74, 6) is -0.637. The fraction of sp³-hybridized carbons (Fsp3) is 0.133. The number of esters is 1. The van der Waals surface area contributed by atoms with Gasteiger partial charge in [-0.15, -0.1) is 0 Å². The van der Waals surface area contributed by atoms with Gasteiger partial charge in [0.2, 0.25) is 10.0 Å². The van der Waals surface area contributed by atoms with Crippen LogP contribution >= 0.6 is 0 Å². The zero-order valence-electron chi connectivity index (χ0n) is 12.6. The van der Waals surface area contributed by atoms with Crippen LogP contribution in [0, 0.1) is 10.1 Å². The SMILES string of the molecule is COC(=O)c1cccc(S(=O)(=O)NCc2ccc([N+](=O)[O-])cc2)c1. The third kappa shape index (κ3) is 4.15. The van der Waals surface area contributed by atoms with E-state index >= 15 is 0 Å². The third-order valence-corrected chi connectivity index (χ3v) is 4.58. The number of nitro benzene ring substituents is 1. The molecule has 1 N–H and O–H groups in total. The van der Waals surface area contributed by atoms with Crippen LogP contribution in [0.25, 0.3) is 0 Å². The number of benzene rings is 2. The Balaban J connectivity index is 2.14. The fourth-order valence-electron chi connectivity index (χ4n) is 1.91. The molecule has 0 atom stereocenters. The highest BCUT2D eigenvalue weighted by atomic mass is 32.2. The summed E-state index contributed by atoms with van der Waals surface area (Å²) in [7, 11) is -2.64. The summed E-state index contributed by atoms with van der Waals surface area (Å²) in [6, 6.07) is 11.0. The van der Waals surface area contributed by atoms with Crippen LogP contribution in [0.5, 0.6) is 0 Å². The van der Waals surface area contributed by atoms with Crippen molar-refractivity contribution in [2.45, 2.75) is 11.4 Å². The first kappa shape index (κ1) is 17.6. The van der Waals surface area contributed by atoms with E-state index in [-0.39, 0.29) is 22.7 Å². The molecule has 0 aliphatic heterocycles. The number of sulfonamides is 1. The molecule has 0 bridgehead atoms. The van der Waals surface area contributed by atoms with Crippen molar-refractivity contribution in [3.63, 3.8) is 0 Å². The van der Waals surface area contributed by atoms with Gasteiger partial charge in [-0.05, 0) is 23.8 Å². The Labute approximate surface area is 138 Å². The monoisotopic (exact) mass is 350 g/mol. The van der Waals surface area contributed by atoms with Gasteiger partial charge in [-0.25, -0.2) is 17.9 Å². The highest BCUT2D eigenvalue weighted by Gasteiger charge is 2.16. The van der Waals surface area contributed by atoms with Crippen molar-refractivity contribution in [2.24, 2.45) is 0 Å². The van der Waals surface area contributed by atoms with E-state index < -0.39 is 20.9 Å². The van der Waals surface area contributed by atoms with Crippen molar-refractivity contribution in [1.82, 2.24) is 4.72 Å². The van der Waals surface area contributed by atoms with Crippen LogP contribution < -0.4 is 4.72 Å². The number of hydrogen-bond donors (Lipinski definition) is 1. The largest absolute Gasteiger partial charge is 0.465 e. The van der Waals surface area contributed by atoms with Gasteiger partial charge in [0, 0.05) is 18.7 Å². The van der Waals surface area contributed by atoms with Crippen molar-refractivity contribution in [2.75, 3.05) is 7.11 Å². The molecule has 0 aromatic heterocycles. The number of nitrogens with zero attached hydrogens (tertiary/aromatic N) is 1. The maximum Gasteiger partial charge on any atom is 0.337 e. The molecule has 0 radical (unpaired) electrons. The van der Waals surface area contributed by atoms with E-state index in [0.717, 1.165) is 0 Å². The van der Waals surface area contributed by atoms with Crippen LogP contribution in [0.1, 0.15) is 15.9 Å². The standard InChI is InChI=1S/C15H14N2O6S/c1-23-15(18)12-3-2-4-14(9-12)24(21,22)16-10-11-5-7-13(8-6-11)17(19)20/h2-9,16H,10H2,1H3. The number of methoxy groups -OCH3 is 1. The second kappa shape index (κ2) is 7.20. The maximum atomic E-state index is 12.3. The van der Waals surface area contributed by atoms with Gasteiger partial charge in [0.25, 0.3) is 5.69 Å². The molecule has 0 unspecified atom stereocenters. The normalized spacial score (nSPS) is 11.0. The van der Waals surface area contributed by atoms with E-state index in [1.807, 2.05) is 0 Å². The number of hydrogen-bond acceptors (Lipinski definition) is 6. The first-order chi connectivity index (χ1) is 11.3. The molecule has 0 saturated heterocycles. The molecule has 9 heteroatoms. The summed E-state index contributed by atoms with van der Waals surface area (Å²) in [6.07, 6.45) is 0. The van der Waals surface area contributed by atoms with Crippen molar-refractivity contribution < 1.29 is 22.9 Å². The molecule has 0 aliphatic carbocycles. The number of rotatable bonds is 6. The third-order valence-electron chi connectivity index (χ3n) is 3.18. The van der Waals surface area contributed by atoms with Gasteiger partial charge >= 0.3 is 5.97 Å². The lowest BCUT2D eigenvalue weighted by Gasteiger charge is -2.08. The number of carbonyl (C=O) groups is 1. The minimum atomic E-state index is -3.84. The molecule has 2 aromatic carbocycles. The smallest absolute Gasteiger partial charge is 0.337 e. The van der Waals surface area contributed by atoms with Crippen LogP contribution in [0.3, 0.4) is 0 Å². The van der Waals surface area contributed by atoms with Crippen LogP contribution in [0.2, 0.25) is 0 Å². The predicted molar refractivity (Wildman–Crippen MR) is 84.9 cm³/mol. The van der Waals surface area contributed by atoms with E-state index in [9.17, 15) is 23.3 Å². The lowest BCUT2D eigenvalue weighted by Crippen LogP contribution is -2.23. The van der Waals surface area contributed by atoms with Crippen molar-refractivity contribution in [3.8, 4) is 0 Å². The Morgan fingerprint density at radius 3 is 2.46 bits per heavy atom. The zero-order chi connectivity index (χ0) is 17.7. The fourth-order valence-corrected chi connectivity index (χ4v) is 2.97. The van der Waals surface area contributed by atoms with Gasteiger partial charge in [0.1, 0.15) is 0 Å². The van der Waals surface area contributed by atoms with E-state index in [4.69, 9.17) is 0 Å². The minimum absolute atomic E-state index is 0.0389. The first-order valence-corrected chi connectivity index (χ1v) is 8.23. The van der Waals surface area contributed by atoms with E-state index in [0.29, 0.717) is 5.56 Å². The van der Waals surface area contributed by atoms with Crippen LogP contribution in [0.4, 0.5) is 5.69 Å². The summed E-state index contributed by atoms with van der Waals surface area (Å²) in [4.78, 5) is 21.4. The number of nitrogens with one attached hydrogen (secondary N) is 1. The number of carbonyl (C=O) groups excluding carboxylic acids is 1. The molecule has 0 heterocycles. The second-order valence-corrected chi connectivity index (χ2v) is 6.53. The molecule has 0 aliphatic rings. The molecular formula is C15H14N2O6S. The van der Waals surface area contributed by atoms with Crippen molar-refractivity contribution in [3.05, 3.63) is 69.8 Å². The second-order valence-electron chi connectivity index (χ2n) is 4.77. The average molecular weight is 350 g/mol. The van der Waals surface area contributed by atoms with Gasteiger partial charge in [-0.2, -0.15) is 0 Å². The lowest BCUT2D eigenvalue weighted by atomic mass is 10.2. The molecule has 0 spiro atoms. The molecule has 8 nitrogen and oxygen atoms in total. The Bertz CT molecular complexity index is 862. The molecule has 24 heavy (non-hydrogen) atoms. The van der Waals surface area contributed by atoms with Gasteiger partial charge in [-0.1, -0.05) is 18.2 Å². The molecule has 0 saturated carbocycles. The van der Waals surface area contributed by atoms with Crippen molar-refractivity contribution in [1.29, 1.82) is 0 Å². The Hall–Kier alpha value is -2.78. The molecule has 2 aromatic rings. The molecule has 126 valence electrons. The summed E-state index contributed by atoms with van der Waals surface area (Å²) < 4.78 is 31.5. The van der Waals surface area contributed by atoms with Gasteiger partial charge < -0.3 is 4.74 Å². The Morgan fingerprint density at radius 2 is 1.88 bits per heavy atom. The first-order valence-electron chi connectivity index (χ1n) is 6.75. The Kier molecular flexibility index (Phi) is 5.27. The highest BCUT2D eigenvalue weighted by Crippen LogP contribution is 2.15. The molecule has 0 fully saturated rings. The lowest BCUT2D eigenvalue weighted by molar-refractivity contribution is -0.384. The van der Waals surface area contributed by atoms with Gasteiger partial charge in [-0.3, -0.25) is 10.1 Å². The number of non-ortho nitro benzene ring substituents is 1. The highest BCUT2D eigenvalue weighted by molar-refractivity contribution is 7.89. The van der Waals surface area contributed by atoms with E-state index in [1.165, 1.54) is 55.6 Å². The number of nitro groups is 1. The topological polar surface area (TPSA) is 116 Å². The molecule has 0 amide bonds. The average Bonchev–Trinajstić information content (AvgIpc) is 2.59. The quantitative estimate of drug-likeness (QED) is 0.483. The Morgan fingerprint density at radius 1 is 1.21 bits per heavy atom. The molecular weight excluding hydrogens is 336 g/mol. The van der Waals surface area contributed by atoms with E-state index in [1.54, 1.807) is 0 Å². The van der Waals surface area contributed by atoms with Crippen LogP contribution in [-0.2, 0) is 21.3 Å². The van der Waals surface area contributed by atoms with Crippen molar-refractivity contribution >= 4 is 21.7 Å². The van der Waals surface area contributed by atoms with Crippen LogP contribution in [-0.4, -0.2) is 26.4 Å². The summed E-state index contributed by atoms with van der Waals surface area (Å²) in [5.41, 5.74) is 0.608. The minimum Gasteiger partial charge on any atom is -0.465 e. The zero-order valence-corrected chi connectivity index (χ0v) is 13.4. The summed E-state index contributed by atoms with van der Waals surface area (Å²) in [6.45, 7) is -0.0389. The van der Waals surface area contributed by atoms with Gasteiger partial charge in [0.15, 0.2) is 0 Å². The summed E-state index contributed by atoms with van der Waals surface area (Å²) >= 11 is 0. The van der Waals surface area contributed by atoms with Crippen LogP contribution in [0.15, 0.2) is 53.4 Å².